The average molecular weight is 340 g/mol. The van der Waals surface area contributed by atoms with E-state index in [9.17, 15) is 14.7 Å². The van der Waals surface area contributed by atoms with Crippen LogP contribution in [0.5, 0.6) is 5.75 Å². The van der Waals surface area contributed by atoms with Crippen LogP contribution in [0.25, 0.3) is 0 Å². The van der Waals surface area contributed by atoms with E-state index < -0.39 is 5.97 Å². The molecule has 0 saturated heterocycles. The first-order valence-corrected chi connectivity index (χ1v) is 7.41. The number of carboxylic acid groups (broad SMARTS) is 1. The molecule has 1 aromatic heterocycles. The van der Waals surface area contributed by atoms with Crippen molar-refractivity contribution in [2.75, 3.05) is 12.4 Å². The highest BCUT2D eigenvalue weighted by molar-refractivity contribution is 7.13. The summed E-state index contributed by atoms with van der Waals surface area (Å²) in [5.74, 6) is -1.17. The topological polar surface area (TPSA) is 91.3 Å². The van der Waals surface area contributed by atoms with Crippen molar-refractivity contribution in [1.82, 2.24) is 4.98 Å². The number of nitrogens with one attached hydrogen (secondary N) is 1. The first kappa shape index (κ1) is 16.3. The molecule has 0 bridgehead atoms. The van der Waals surface area contributed by atoms with Crippen molar-refractivity contribution in [3.63, 3.8) is 0 Å². The van der Waals surface area contributed by atoms with E-state index in [0.29, 0.717) is 27.2 Å². The number of hydrogen-bond donors (Lipinski definition) is 1. The second kappa shape index (κ2) is 6.76. The molecule has 0 spiro atoms. The Morgan fingerprint density at radius 3 is 2.77 bits per heavy atom. The van der Waals surface area contributed by atoms with Gasteiger partial charge >= 0.3 is 0 Å². The van der Waals surface area contributed by atoms with Crippen molar-refractivity contribution in [2.24, 2.45) is 0 Å². The Balaban J connectivity index is 2.12. The van der Waals surface area contributed by atoms with Crippen LogP contribution in [0.1, 0.15) is 20.4 Å². The standard InChI is InChI=1S/C14H13ClN2O4S/c1-7-13(14(19)20)22-12(16-7)6-11(18)17-9-5-8(15)3-4-10(9)21-2/h3-5H,6H2,1-2H3,(H,17,18)(H,19,20)/p-1. The lowest BCUT2D eigenvalue weighted by Gasteiger charge is -2.09. The third-order valence-electron chi connectivity index (χ3n) is 2.77. The molecule has 8 heteroatoms. The number of carbonyl (C=O) groups excluding carboxylic acids is 2. The number of benzene rings is 1. The van der Waals surface area contributed by atoms with Crippen LogP contribution in [0.15, 0.2) is 18.2 Å². The van der Waals surface area contributed by atoms with Crippen molar-refractivity contribution in [2.45, 2.75) is 13.3 Å². The molecule has 0 radical (unpaired) electrons. The monoisotopic (exact) mass is 339 g/mol. The summed E-state index contributed by atoms with van der Waals surface area (Å²) in [7, 11) is 1.48. The Labute approximate surface area is 135 Å². The smallest absolute Gasteiger partial charge is 0.231 e. The van der Waals surface area contributed by atoms with Crippen molar-refractivity contribution < 1.29 is 19.4 Å². The first-order valence-electron chi connectivity index (χ1n) is 6.21. The van der Waals surface area contributed by atoms with Crippen molar-refractivity contribution in [3.8, 4) is 5.75 Å². The number of ether oxygens (including phenoxy) is 1. The van der Waals surface area contributed by atoms with E-state index in [2.05, 4.69) is 10.3 Å². The van der Waals surface area contributed by atoms with E-state index in [1.54, 1.807) is 25.1 Å². The second-order valence-corrected chi connectivity index (χ2v) is 5.90. The highest BCUT2D eigenvalue weighted by atomic mass is 35.5. The molecule has 0 fully saturated rings. The number of amides is 1. The number of halogens is 1. The van der Waals surface area contributed by atoms with Crippen LogP contribution in [-0.4, -0.2) is 24.0 Å². The zero-order valence-electron chi connectivity index (χ0n) is 11.8. The molecule has 0 aliphatic rings. The summed E-state index contributed by atoms with van der Waals surface area (Å²) in [5, 5.41) is 14.4. The molecule has 0 saturated carbocycles. The lowest BCUT2D eigenvalue weighted by Crippen LogP contribution is -2.21. The fourth-order valence-corrected chi connectivity index (χ4v) is 2.90. The molecule has 116 valence electrons. The summed E-state index contributed by atoms with van der Waals surface area (Å²) in [6, 6.07) is 4.85. The molecule has 0 aliphatic heterocycles. The quantitative estimate of drug-likeness (QED) is 0.894. The highest BCUT2D eigenvalue weighted by Gasteiger charge is 2.14. The maximum atomic E-state index is 12.0. The number of carbonyl (C=O) groups is 2. The summed E-state index contributed by atoms with van der Waals surface area (Å²) in [6.07, 6.45) is -0.0472. The number of hydrogen-bond acceptors (Lipinski definition) is 6. The molecule has 0 unspecified atom stereocenters. The van der Waals surface area contributed by atoms with Crippen molar-refractivity contribution in [3.05, 3.63) is 38.8 Å². The van der Waals surface area contributed by atoms with E-state index >= 15 is 0 Å². The number of rotatable bonds is 5. The fraction of sp³-hybridized carbons (Fsp3) is 0.214. The summed E-state index contributed by atoms with van der Waals surface area (Å²) in [5.41, 5.74) is 0.779. The molecule has 1 aromatic carbocycles. The summed E-state index contributed by atoms with van der Waals surface area (Å²) in [4.78, 5) is 27.0. The zero-order chi connectivity index (χ0) is 16.3. The second-order valence-electron chi connectivity index (χ2n) is 4.38. The molecule has 1 amide bonds. The predicted octanol–water partition coefficient (Wildman–Crippen LogP) is 1.66. The van der Waals surface area contributed by atoms with Crippen LogP contribution in [-0.2, 0) is 11.2 Å². The van der Waals surface area contributed by atoms with Gasteiger partial charge in [0, 0.05) is 5.02 Å². The molecular weight excluding hydrogens is 328 g/mol. The number of anilines is 1. The van der Waals surface area contributed by atoms with Crippen molar-refractivity contribution >= 4 is 40.5 Å². The summed E-state index contributed by atoms with van der Waals surface area (Å²) in [6.45, 7) is 1.56. The van der Waals surface area contributed by atoms with Gasteiger partial charge < -0.3 is 20.0 Å². The van der Waals surface area contributed by atoms with E-state index in [0.717, 1.165) is 11.3 Å². The van der Waals surface area contributed by atoms with Gasteiger partial charge in [-0.05, 0) is 25.1 Å². The minimum absolute atomic E-state index is 0.0307. The van der Waals surface area contributed by atoms with Gasteiger partial charge in [-0.3, -0.25) is 4.79 Å². The van der Waals surface area contributed by atoms with Gasteiger partial charge in [-0.2, -0.15) is 0 Å². The Morgan fingerprint density at radius 2 is 2.18 bits per heavy atom. The van der Waals surface area contributed by atoms with Gasteiger partial charge in [-0.1, -0.05) is 11.6 Å². The number of thiazole rings is 1. The number of carboxylic acids is 1. The van der Waals surface area contributed by atoms with Gasteiger partial charge in [0.2, 0.25) is 5.91 Å². The molecule has 0 atom stereocenters. The zero-order valence-corrected chi connectivity index (χ0v) is 13.4. The van der Waals surface area contributed by atoms with Gasteiger partial charge in [0.1, 0.15) is 10.8 Å². The van der Waals surface area contributed by atoms with E-state index in [-0.39, 0.29) is 17.2 Å². The molecule has 2 aromatic rings. The SMILES string of the molecule is COc1ccc(Cl)cc1NC(=O)Cc1nc(C)c(C(=O)[O-])s1. The molecule has 22 heavy (non-hydrogen) atoms. The molecular formula is C14H12ClN2O4S-. The van der Waals surface area contributed by atoms with Gasteiger partial charge in [-0.15, -0.1) is 11.3 Å². The maximum absolute atomic E-state index is 12.0. The van der Waals surface area contributed by atoms with Gasteiger partial charge in [0.15, 0.2) is 0 Å². The van der Waals surface area contributed by atoms with E-state index in [4.69, 9.17) is 16.3 Å². The molecule has 0 aliphatic carbocycles. The number of aromatic carboxylic acids is 1. The normalized spacial score (nSPS) is 10.3. The van der Waals surface area contributed by atoms with Crippen LogP contribution in [0, 0.1) is 6.92 Å². The number of methoxy groups -OCH3 is 1. The number of aromatic nitrogens is 1. The van der Waals surface area contributed by atoms with Gasteiger partial charge in [0.05, 0.1) is 35.8 Å². The lowest BCUT2D eigenvalue weighted by molar-refractivity contribution is -0.254. The Bertz CT molecular complexity index is 730. The van der Waals surface area contributed by atoms with Crippen LogP contribution in [0.3, 0.4) is 0 Å². The fourth-order valence-electron chi connectivity index (χ4n) is 1.83. The van der Waals surface area contributed by atoms with Crippen LogP contribution >= 0.6 is 22.9 Å². The van der Waals surface area contributed by atoms with E-state index in [1.807, 2.05) is 0 Å². The van der Waals surface area contributed by atoms with Crippen LogP contribution < -0.4 is 15.2 Å². The van der Waals surface area contributed by atoms with Gasteiger partial charge in [-0.25, -0.2) is 4.98 Å². The Hall–Kier alpha value is -2.12. The molecule has 2 rings (SSSR count). The number of aryl methyl sites for hydroxylation is 1. The molecule has 6 nitrogen and oxygen atoms in total. The average Bonchev–Trinajstić information content (AvgIpc) is 2.79. The van der Waals surface area contributed by atoms with E-state index in [1.165, 1.54) is 7.11 Å². The first-order chi connectivity index (χ1) is 10.4. The Morgan fingerprint density at radius 1 is 1.45 bits per heavy atom. The molecule has 1 N–H and O–H groups in total. The third kappa shape index (κ3) is 3.75. The van der Waals surface area contributed by atoms with Crippen molar-refractivity contribution in [1.29, 1.82) is 0 Å². The molecule has 1 heterocycles. The predicted molar refractivity (Wildman–Crippen MR) is 81.5 cm³/mol. The maximum Gasteiger partial charge on any atom is 0.231 e. The highest BCUT2D eigenvalue weighted by Crippen LogP contribution is 2.28. The summed E-state index contributed by atoms with van der Waals surface area (Å²) >= 11 is 6.82. The van der Waals surface area contributed by atoms with Gasteiger partial charge in [0.25, 0.3) is 0 Å². The summed E-state index contributed by atoms with van der Waals surface area (Å²) < 4.78 is 5.13. The minimum Gasteiger partial charge on any atom is -0.544 e. The Kier molecular flexibility index (Phi) is 4.99. The minimum atomic E-state index is -1.29. The van der Waals surface area contributed by atoms with Crippen LogP contribution in [0.2, 0.25) is 5.02 Å². The largest absolute Gasteiger partial charge is 0.544 e. The number of nitrogens with zero attached hydrogens (tertiary/aromatic N) is 1. The van der Waals surface area contributed by atoms with Crippen LogP contribution in [0.4, 0.5) is 5.69 Å². The lowest BCUT2D eigenvalue weighted by atomic mass is 10.2. The third-order valence-corrected chi connectivity index (χ3v) is 4.15.